The van der Waals surface area contributed by atoms with E-state index in [1.54, 1.807) is 0 Å². The topological polar surface area (TPSA) is 77.8 Å². The highest BCUT2D eigenvalue weighted by molar-refractivity contribution is 5.75. The first kappa shape index (κ1) is 19.9. The van der Waals surface area contributed by atoms with Gasteiger partial charge >= 0.3 is 5.97 Å². The molecule has 0 saturated heterocycles. The van der Waals surface area contributed by atoms with Crippen LogP contribution in [0.4, 0.5) is 0 Å². The van der Waals surface area contributed by atoms with E-state index >= 15 is 0 Å². The molecule has 0 fully saturated rings. The van der Waals surface area contributed by atoms with Crippen LogP contribution >= 0.6 is 0 Å². The smallest absolute Gasteiger partial charge is 0.305 e. The quantitative estimate of drug-likeness (QED) is 0.308. The number of unbranched alkanes of at least 4 members (excludes halogenated alkanes) is 6. The van der Waals surface area contributed by atoms with E-state index in [1.165, 1.54) is 32.1 Å². The molecule has 1 amide bonds. The Bertz CT molecular complexity index is 292. The fourth-order valence-corrected chi connectivity index (χ4v) is 2.17. The summed E-state index contributed by atoms with van der Waals surface area (Å²) in [5.41, 5.74) is 0. The molecule has 0 saturated carbocycles. The summed E-state index contributed by atoms with van der Waals surface area (Å²) >= 11 is 0. The molecule has 5 nitrogen and oxygen atoms in total. The van der Waals surface area contributed by atoms with E-state index in [2.05, 4.69) is 13.8 Å². The van der Waals surface area contributed by atoms with Crippen LogP contribution in [0.1, 0.15) is 78.1 Å². The minimum absolute atomic E-state index is 0.135. The van der Waals surface area contributed by atoms with Crippen molar-refractivity contribution >= 4 is 11.9 Å². The van der Waals surface area contributed by atoms with Crippen LogP contribution in [0.25, 0.3) is 0 Å². The SMILES string of the molecule is CC(C)CCCCCCCCCC(=O)N(O)CCC(=O)O. The molecule has 0 atom stereocenters. The monoisotopic (exact) mass is 301 g/mol. The second kappa shape index (κ2) is 12.6. The van der Waals surface area contributed by atoms with Crippen molar-refractivity contribution in [2.24, 2.45) is 5.92 Å². The lowest BCUT2D eigenvalue weighted by atomic mass is 10.0. The van der Waals surface area contributed by atoms with Gasteiger partial charge in [-0.1, -0.05) is 58.8 Å². The van der Waals surface area contributed by atoms with E-state index < -0.39 is 5.97 Å². The van der Waals surface area contributed by atoms with Gasteiger partial charge in [0.2, 0.25) is 5.91 Å². The number of hydrogen-bond acceptors (Lipinski definition) is 3. The van der Waals surface area contributed by atoms with Crippen molar-refractivity contribution in [3.05, 3.63) is 0 Å². The van der Waals surface area contributed by atoms with Gasteiger partial charge in [0.25, 0.3) is 0 Å². The van der Waals surface area contributed by atoms with Gasteiger partial charge in [0.05, 0.1) is 13.0 Å². The Hall–Kier alpha value is -1.10. The number of amides is 1. The fraction of sp³-hybridized carbons (Fsp3) is 0.875. The summed E-state index contributed by atoms with van der Waals surface area (Å²) in [5.74, 6) is -0.605. The molecule has 0 heterocycles. The third-order valence-corrected chi connectivity index (χ3v) is 3.50. The Labute approximate surface area is 128 Å². The second-order valence-corrected chi connectivity index (χ2v) is 6.07. The van der Waals surface area contributed by atoms with E-state index in [0.29, 0.717) is 11.5 Å². The predicted octanol–water partition coefficient (Wildman–Crippen LogP) is 3.85. The highest BCUT2D eigenvalue weighted by Crippen LogP contribution is 2.12. The molecular formula is C16H31NO4. The number of carbonyl (C=O) groups excluding carboxylic acids is 1. The van der Waals surface area contributed by atoms with Gasteiger partial charge in [-0.25, -0.2) is 5.06 Å². The minimum atomic E-state index is -1.01. The molecule has 0 aromatic carbocycles. The fourth-order valence-electron chi connectivity index (χ4n) is 2.17. The Morgan fingerprint density at radius 2 is 1.43 bits per heavy atom. The lowest BCUT2D eigenvalue weighted by Gasteiger charge is -2.13. The molecule has 124 valence electrons. The summed E-state index contributed by atoms with van der Waals surface area (Å²) in [6.45, 7) is 4.36. The first-order valence-corrected chi connectivity index (χ1v) is 8.14. The molecule has 0 aliphatic rings. The Balaban J connectivity index is 3.37. The molecule has 0 aliphatic heterocycles. The number of carboxylic acids is 1. The standard InChI is InChI=1S/C16H31NO4/c1-14(2)10-8-6-4-3-5-7-9-11-15(18)17(21)13-12-16(19)20/h14,21H,3-13H2,1-2H3,(H,19,20). The molecule has 0 aromatic rings. The number of carboxylic acid groups (broad SMARTS) is 1. The van der Waals surface area contributed by atoms with E-state index in [9.17, 15) is 14.8 Å². The maximum Gasteiger partial charge on any atom is 0.305 e. The summed E-state index contributed by atoms with van der Waals surface area (Å²) in [7, 11) is 0. The highest BCUT2D eigenvalue weighted by Gasteiger charge is 2.11. The van der Waals surface area contributed by atoms with Gasteiger partial charge in [0.1, 0.15) is 0 Å². The van der Waals surface area contributed by atoms with Crippen molar-refractivity contribution in [2.45, 2.75) is 78.1 Å². The van der Waals surface area contributed by atoms with Gasteiger partial charge in [-0.05, 0) is 12.3 Å². The van der Waals surface area contributed by atoms with Crippen molar-refractivity contribution in [1.82, 2.24) is 5.06 Å². The normalized spacial score (nSPS) is 10.9. The first-order valence-electron chi connectivity index (χ1n) is 8.14. The number of hydrogen-bond donors (Lipinski definition) is 2. The zero-order valence-corrected chi connectivity index (χ0v) is 13.5. The summed E-state index contributed by atoms with van der Waals surface area (Å²) < 4.78 is 0. The maximum absolute atomic E-state index is 11.5. The largest absolute Gasteiger partial charge is 0.481 e. The number of carbonyl (C=O) groups is 2. The average Bonchev–Trinajstić information content (AvgIpc) is 2.42. The van der Waals surface area contributed by atoms with Gasteiger partial charge in [0, 0.05) is 6.42 Å². The molecule has 0 spiro atoms. The maximum atomic E-state index is 11.5. The van der Waals surface area contributed by atoms with Crippen LogP contribution in [0.15, 0.2) is 0 Å². The first-order chi connectivity index (χ1) is 9.93. The summed E-state index contributed by atoms with van der Waals surface area (Å²) in [6.07, 6.45) is 9.29. The molecular weight excluding hydrogens is 270 g/mol. The molecule has 0 rings (SSSR count). The molecule has 21 heavy (non-hydrogen) atoms. The van der Waals surface area contributed by atoms with Gasteiger partial charge in [0.15, 0.2) is 0 Å². The average molecular weight is 301 g/mol. The van der Waals surface area contributed by atoms with Crippen LogP contribution in [0.2, 0.25) is 0 Å². The van der Waals surface area contributed by atoms with Crippen LogP contribution in [-0.4, -0.2) is 33.8 Å². The molecule has 0 bridgehead atoms. The van der Waals surface area contributed by atoms with Gasteiger partial charge in [-0.15, -0.1) is 0 Å². The van der Waals surface area contributed by atoms with Crippen molar-refractivity contribution in [3.8, 4) is 0 Å². The minimum Gasteiger partial charge on any atom is -0.481 e. The summed E-state index contributed by atoms with van der Waals surface area (Å²) in [4.78, 5) is 21.8. The van der Waals surface area contributed by atoms with Gasteiger partial charge in [-0.2, -0.15) is 0 Å². The molecule has 0 unspecified atom stereocenters. The molecule has 0 radical (unpaired) electrons. The third kappa shape index (κ3) is 13.6. The molecule has 0 aromatic heterocycles. The van der Waals surface area contributed by atoms with Crippen LogP contribution in [0.3, 0.4) is 0 Å². The third-order valence-electron chi connectivity index (χ3n) is 3.50. The number of nitrogens with zero attached hydrogens (tertiary/aromatic N) is 1. The highest BCUT2D eigenvalue weighted by atomic mass is 16.5. The Kier molecular flexibility index (Phi) is 12.0. The van der Waals surface area contributed by atoms with Gasteiger partial charge < -0.3 is 5.11 Å². The molecule has 2 N–H and O–H groups in total. The zero-order chi connectivity index (χ0) is 16.1. The van der Waals surface area contributed by atoms with E-state index in [-0.39, 0.29) is 18.9 Å². The van der Waals surface area contributed by atoms with Crippen molar-refractivity contribution < 1.29 is 19.9 Å². The predicted molar refractivity (Wildman–Crippen MR) is 82.1 cm³/mol. The van der Waals surface area contributed by atoms with E-state index in [0.717, 1.165) is 25.2 Å². The van der Waals surface area contributed by atoms with Crippen LogP contribution < -0.4 is 0 Å². The lowest BCUT2D eigenvalue weighted by Crippen LogP contribution is -2.29. The van der Waals surface area contributed by atoms with Crippen LogP contribution in [0, 0.1) is 5.92 Å². The van der Waals surface area contributed by atoms with Crippen molar-refractivity contribution in [1.29, 1.82) is 0 Å². The number of aliphatic carboxylic acids is 1. The van der Waals surface area contributed by atoms with Crippen molar-refractivity contribution in [3.63, 3.8) is 0 Å². The van der Waals surface area contributed by atoms with Crippen LogP contribution in [0.5, 0.6) is 0 Å². The van der Waals surface area contributed by atoms with Gasteiger partial charge in [-0.3, -0.25) is 14.8 Å². The lowest BCUT2D eigenvalue weighted by molar-refractivity contribution is -0.167. The van der Waals surface area contributed by atoms with Crippen molar-refractivity contribution in [2.75, 3.05) is 6.54 Å². The molecule has 5 heteroatoms. The Morgan fingerprint density at radius 3 is 1.95 bits per heavy atom. The summed E-state index contributed by atoms with van der Waals surface area (Å²) in [6, 6.07) is 0. The Morgan fingerprint density at radius 1 is 0.905 bits per heavy atom. The summed E-state index contributed by atoms with van der Waals surface area (Å²) in [5, 5.41) is 18.3. The zero-order valence-electron chi connectivity index (χ0n) is 13.5. The van der Waals surface area contributed by atoms with E-state index in [4.69, 9.17) is 5.11 Å². The number of rotatable bonds is 13. The van der Waals surface area contributed by atoms with Crippen LogP contribution in [-0.2, 0) is 9.59 Å². The second-order valence-electron chi connectivity index (χ2n) is 6.07. The van der Waals surface area contributed by atoms with E-state index in [1.807, 2.05) is 0 Å². The molecule has 0 aliphatic carbocycles. The number of hydroxylamine groups is 2.